The highest BCUT2D eigenvalue weighted by atomic mass is 16.6. The molecule has 0 aliphatic rings. The molecule has 418 valence electrons. The summed E-state index contributed by atoms with van der Waals surface area (Å²) in [4.78, 5) is 38.2. The average Bonchev–Trinajstić information content (AvgIpc) is 3.40. The van der Waals surface area contributed by atoms with E-state index in [9.17, 15) is 14.4 Å². The summed E-state index contributed by atoms with van der Waals surface area (Å²) in [5.41, 5.74) is 0. The molecule has 0 fully saturated rings. The summed E-state index contributed by atoms with van der Waals surface area (Å²) < 4.78 is 16.8. The van der Waals surface area contributed by atoms with E-state index < -0.39 is 6.10 Å². The lowest BCUT2D eigenvalue weighted by atomic mass is 10.0. The molecule has 0 N–H and O–H groups in total. The van der Waals surface area contributed by atoms with E-state index in [2.05, 4.69) is 142 Å². The Labute approximate surface area is 455 Å². The lowest BCUT2D eigenvalue weighted by Gasteiger charge is -2.18. The number of esters is 3. The van der Waals surface area contributed by atoms with E-state index >= 15 is 0 Å². The number of hydrogen-bond donors (Lipinski definition) is 0. The number of unbranched alkanes of at least 4 members (excludes halogenated alkanes) is 20. The number of carbonyl (C=O) groups is 3. The quantitative estimate of drug-likeness (QED) is 0.0261. The highest BCUT2D eigenvalue weighted by molar-refractivity contribution is 5.71. The third-order valence-corrected chi connectivity index (χ3v) is 12.4. The fraction of sp³-hybridized carbons (Fsp3) is 0.632. The Morgan fingerprint density at radius 3 is 0.905 bits per heavy atom. The molecule has 0 saturated heterocycles. The molecule has 0 aromatic carbocycles. The van der Waals surface area contributed by atoms with Gasteiger partial charge in [-0.05, 0) is 103 Å². The van der Waals surface area contributed by atoms with Crippen LogP contribution < -0.4 is 0 Å². The summed E-state index contributed by atoms with van der Waals surface area (Å²) in [6.45, 7) is 6.32. The molecule has 0 aromatic rings. The molecule has 0 aromatic heterocycles. The predicted molar refractivity (Wildman–Crippen MR) is 320 cm³/mol. The van der Waals surface area contributed by atoms with Gasteiger partial charge in [-0.3, -0.25) is 14.4 Å². The van der Waals surface area contributed by atoms with Crippen LogP contribution in [0.5, 0.6) is 0 Å². The smallest absolute Gasteiger partial charge is 0.306 e. The van der Waals surface area contributed by atoms with E-state index in [0.29, 0.717) is 19.3 Å². The molecule has 74 heavy (non-hydrogen) atoms. The first kappa shape index (κ1) is 69.5. The minimum absolute atomic E-state index is 0.120. The van der Waals surface area contributed by atoms with Crippen molar-refractivity contribution in [3.63, 3.8) is 0 Å². The fourth-order valence-corrected chi connectivity index (χ4v) is 7.97. The Morgan fingerprint density at radius 1 is 0.284 bits per heavy atom. The van der Waals surface area contributed by atoms with E-state index in [1.807, 2.05) is 12.2 Å². The molecule has 1 unspecified atom stereocenters. The molecule has 0 aliphatic heterocycles. The van der Waals surface area contributed by atoms with Crippen LogP contribution in [-0.4, -0.2) is 37.2 Å². The monoisotopic (exact) mass is 1020 g/mol. The standard InChI is InChI=1S/C68H110O6/c1-4-7-10-13-16-19-22-25-27-29-31-32-33-34-35-36-37-39-40-43-46-49-52-55-58-61-67(70)73-64-65(63-72-66(69)60-57-54-51-48-45-42-24-21-18-15-12-9-6-3)74-68(71)62-59-56-53-50-47-44-41-38-30-28-26-23-20-17-14-11-8-5-2/h7,9-10,12,16,18-19,21,25,27,31-32,34-35,37,39,42-43,45-46,51,54,65H,4-6,8,11,13-15,17,20,22-24,26,28-30,33,36,38,40-41,44,47-50,52-53,55-64H2,1-3H3/b10-7-,12-9-,19-16-,21-18-,27-25-,32-31-,35-34-,39-37-,45-42-,46-43-,54-51-. The first-order chi connectivity index (χ1) is 36.5. The van der Waals surface area contributed by atoms with E-state index in [0.717, 1.165) is 116 Å². The Morgan fingerprint density at radius 2 is 0.554 bits per heavy atom. The van der Waals surface area contributed by atoms with E-state index in [1.165, 1.54) is 96.3 Å². The number of hydrogen-bond acceptors (Lipinski definition) is 6. The highest BCUT2D eigenvalue weighted by Crippen LogP contribution is 2.16. The Kier molecular flexibility index (Phi) is 57.4. The second-order valence-electron chi connectivity index (χ2n) is 19.5. The normalized spacial score (nSPS) is 13.1. The average molecular weight is 1020 g/mol. The molecule has 0 radical (unpaired) electrons. The van der Waals surface area contributed by atoms with Crippen molar-refractivity contribution in [1.82, 2.24) is 0 Å². The molecule has 0 aliphatic carbocycles. The SMILES string of the molecule is CC/C=C\C/C=C\C/C=C\C/C=C\C/C=C\C/C=C\C/C=C\CCCCCC(=O)OCC(COC(=O)CC/C=C\C/C=C\C/C=C\C/C=C\CC)OC(=O)CCCCCCCCCCCCCCCCCCCC. The van der Waals surface area contributed by atoms with Crippen LogP contribution in [0.1, 0.15) is 258 Å². The molecule has 0 rings (SSSR count). The van der Waals surface area contributed by atoms with Gasteiger partial charge in [0.25, 0.3) is 0 Å². The zero-order valence-electron chi connectivity index (χ0n) is 47.8. The van der Waals surface area contributed by atoms with Crippen molar-refractivity contribution in [3.05, 3.63) is 134 Å². The summed E-state index contributed by atoms with van der Waals surface area (Å²) >= 11 is 0. The van der Waals surface area contributed by atoms with Crippen LogP contribution in [0.25, 0.3) is 0 Å². The lowest BCUT2D eigenvalue weighted by molar-refractivity contribution is -0.166. The van der Waals surface area contributed by atoms with Gasteiger partial charge in [0.05, 0.1) is 0 Å². The Bertz CT molecular complexity index is 1600. The van der Waals surface area contributed by atoms with Crippen LogP contribution in [0.3, 0.4) is 0 Å². The second-order valence-corrected chi connectivity index (χ2v) is 19.5. The first-order valence-electron chi connectivity index (χ1n) is 30.2. The van der Waals surface area contributed by atoms with Crippen molar-refractivity contribution < 1.29 is 28.6 Å². The van der Waals surface area contributed by atoms with Crippen molar-refractivity contribution >= 4 is 17.9 Å². The van der Waals surface area contributed by atoms with Crippen LogP contribution in [-0.2, 0) is 28.6 Å². The van der Waals surface area contributed by atoms with E-state index in [4.69, 9.17) is 14.2 Å². The van der Waals surface area contributed by atoms with Crippen molar-refractivity contribution in [1.29, 1.82) is 0 Å². The molecule has 6 nitrogen and oxygen atoms in total. The third kappa shape index (κ3) is 58.4. The molecule has 0 amide bonds. The molecular formula is C68H110O6. The molecule has 0 heterocycles. The third-order valence-electron chi connectivity index (χ3n) is 12.4. The summed E-state index contributed by atoms with van der Waals surface area (Å²) in [5.74, 6) is -1.03. The number of carbonyl (C=O) groups excluding carboxylic acids is 3. The van der Waals surface area contributed by atoms with Gasteiger partial charge in [-0.1, -0.05) is 270 Å². The van der Waals surface area contributed by atoms with Crippen LogP contribution in [0.2, 0.25) is 0 Å². The van der Waals surface area contributed by atoms with Crippen LogP contribution >= 0.6 is 0 Å². The van der Waals surface area contributed by atoms with Crippen LogP contribution in [0.15, 0.2) is 134 Å². The van der Waals surface area contributed by atoms with Gasteiger partial charge in [-0.25, -0.2) is 0 Å². The molecule has 0 spiro atoms. The van der Waals surface area contributed by atoms with Crippen molar-refractivity contribution in [3.8, 4) is 0 Å². The maximum absolute atomic E-state index is 12.9. The number of allylic oxidation sites excluding steroid dienone is 22. The largest absolute Gasteiger partial charge is 0.462 e. The Hall–Kier alpha value is -4.45. The minimum Gasteiger partial charge on any atom is -0.462 e. The maximum atomic E-state index is 12.9. The van der Waals surface area contributed by atoms with E-state index in [1.54, 1.807) is 0 Å². The lowest BCUT2D eigenvalue weighted by Crippen LogP contribution is -2.30. The van der Waals surface area contributed by atoms with Crippen molar-refractivity contribution in [2.24, 2.45) is 0 Å². The van der Waals surface area contributed by atoms with Gasteiger partial charge in [0, 0.05) is 19.3 Å². The summed E-state index contributed by atoms with van der Waals surface area (Å²) in [6.07, 6.45) is 86.1. The molecule has 1 atom stereocenters. The number of rotatable bonds is 53. The van der Waals surface area contributed by atoms with Crippen molar-refractivity contribution in [2.45, 2.75) is 264 Å². The fourth-order valence-electron chi connectivity index (χ4n) is 7.97. The van der Waals surface area contributed by atoms with Gasteiger partial charge in [0.2, 0.25) is 0 Å². The molecular weight excluding hydrogens is 913 g/mol. The summed E-state index contributed by atoms with van der Waals surface area (Å²) in [7, 11) is 0. The molecule has 6 heteroatoms. The summed E-state index contributed by atoms with van der Waals surface area (Å²) in [5, 5.41) is 0. The van der Waals surface area contributed by atoms with E-state index in [-0.39, 0.29) is 37.5 Å². The summed E-state index contributed by atoms with van der Waals surface area (Å²) in [6, 6.07) is 0. The molecule has 0 bridgehead atoms. The Balaban J connectivity index is 4.47. The zero-order valence-corrected chi connectivity index (χ0v) is 47.8. The van der Waals surface area contributed by atoms with Gasteiger partial charge < -0.3 is 14.2 Å². The van der Waals surface area contributed by atoms with Crippen LogP contribution in [0.4, 0.5) is 0 Å². The minimum atomic E-state index is -0.824. The van der Waals surface area contributed by atoms with Gasteiger partial charge in [0.15, 0.2) is 6.10 Å². The van der Waals surface area contributed by atoms with Gasteiger partial charge in [0.1, 0.15) is 13.2 Å². The maximum Gasteiger partial charge on any atom is 0.306 e. The highest BCUT2D eigenvalue weighted by Gasteiger charge is 2.19. The van der Waals surface area contributed by atoms with Gasteiger partial charge >= 0.3 is 17.9 Å². The number of ether oxygens (including phenoxy) is 3. The van der Waals surface area contributed by atoms with Crippen LogP contribution in [0, 0.1) is 0 Å². The predicted octanol–water partition coefficient (Wildman–Crippen LogP) is 20.6. The second kappa shape index (κ2) is 61.1. The van der Waals surface area contributed by atoms with Gasteiger partial charge in [-0.2, -0.15) is 0 Å². The van der Waals surface area contributed by atoms with Crippen molar-refractivity contribution in [2.75, 3.05) is 13.2 Å². The molecule has 0 saturated carbocycles. The first-order valence-corrected chi connectivity index (χ1v) is 30.2. The van der Waals surface area contributed by atoms with Gasteiger partial charge in [-0.15, -0.1) is 0 Å². The topological polar surface area (TPSA) is 78.9 Å². The zero-order chi connectivity index (χ0) is 53.6.